The van der Waals surface area contributed by atoms with Crippen molar-refractivity contribution in [1.29, 1.82) is 0 Å². The molecule has 26 heavy (non-hydrogen) atoms. The van der Waals surface area contributed by atoms with Gasteiger partial charge in [-0.25, -0.2) is 13.8 Å². The van der Waals surface area contributed by atoms with Crippen LogP contribution in [0.3, 0.4) is 0 Å². The number of rotatable bonds is 5. The average molecular weight is 359 g/mol. The molecule has 0 saturated carbocycles. The van der Waals surface area contributed by atoms with E-state index in [-0.39, 0.29) is 22.9 Å². The highest BCUT2D eigenvalue weighted by atomic mass is 19.1. The Labute approximate surface area is 152 Å². The highest BCUT2D eigenvalue weighted by Gasteiger charge is 2.25. The normalized spacial score (nSPS) is 17.0. The van der Waals surface area contributed by atoms with E-state index in [1.54, 1.807) is 0 Å². The van der Waals surface area contributed by atoms with Crippen LogP contribution in [-0.2, 0) is 10.2 Å². The molecule has 2 aromatic carbocycles. The van der Waals surface area contributed by atoms with E-state index < -0.39 is 11.6 Å². The number of ether oxygens (including phenoxy) is 2. The molecule has 0 N–H and O–H groups in total. The third-order valence-electron chi connectivity index (χ3n) is 4.29. The molecule has 1 aliphatic heterocycles. The Kier molecular flexibility index (Phi) is 5.25. The second kappa shape index (κ2) is 7.44. The van der Waals surface area contributed by atoms with Crippen molar-refractivity contribution in [2.24, 2.45) is 4.99 Å². The maximum Gasteiger partial charge on any atom is 0.222 e. The Balaban J connectivity index is 1.63. The van der Waals surface area contributed by atoms with Crippen molar-refractivity contribution in [3.63, 3.8) is 0 Å². The van der Waals surface area contributed by atoms with E-state index in [4.69, 9.17) is 9.47 Å². The molecule has 138 valence electrons. The van der Waals surface area contributed by atoms with Crippen molar-refractivity contribution in [1.82, 2.24) is 0 Å². The third kappa shape index (κ3) is 4.03. The van der Waals surface area contributed by atoms with Crippen LogP contribution >= 0.6 is 0 Å². The number of nitrogens with zero attached hydrogens (tertiary/aromatic N) is 1. The van der Waals surface area contributed by atoms with Crippen molar-refractivity contribution in [2.75, 3.05) is 13.2 Å². The van der Waals surface area contributed by atoms with Gasteiger partial charge in [0, 0.05) is 6.42 Å². The second-order valence-corrected chi connectivity index (χ2v) is 7.38. The first-order valence-corrected chi connectivity index (χ1v) is 8.73. The van der Waals surface area contributed by atoms with E-state index in [1.165, 1.54) is 18.2 Å². The van der Waals surface area contributed by atoms with Crippen LogP contribution < -0.4 is 4.74 Å². The summed E-state index contributed by atoms with van der Waals surface area (Å²) in [5.41, 5.74) is 0.926. The summed E-state index contributed by atoms with van der Waals surface area (Å²) in [7, 11) is 0. The van der Waals surface area contributed by atoms with Crippen molar-refractivity contribution < 1.29 is 18.3 Å². The van der Waals surface area contributed by atoms with Crippen molar-refractivity contribution in [3.8, 4) is 5.75 Å². The maximum atomic E-state index is 13.8. The molecule has 0 amide bonds. The molecule has 2 aromatic rings. The Morgan fingerprint density at radius 1 is 1.08 bits per heavy atom. The van der Waals surface area contributed by atoms with Crippen LogP contribution in [0, 0.1) is 11.6 Å². The van der Waals surface area contributed by atoms with E-state index >= 15 is 0 Å². The quantitative estimate of drug-likeness (QED) is 0.762. The summed E-state index contributed by atoms with van der Waals surface area (Å²) in [5, 5.41) is 0. The van der Waals surface area contributed by atoms with E-state index in [0.717, 1.165) is 11.3 Å². The Morgan fingerprint density at radius 2 is 1.77 bits per heavy atom. The molecule has 3 nitrogen and oxygen atoms in total. The fourth-order valence-corrected chi connectivity index (χ4v) is 2.92. The van der Waals surface area contributed by atoms with Crippen molar-refractivity contribution in [2.45, 2.75) is 38.6 Å². The monoisotopic (exact) mass is 359 g/mol. The second-order valence-electron chi connectivity index (χ2n) is 7.38. The number of hydrogen-bond acceptors (Lipinski definition) is 3. The number of para-hydroxylation sites is 1. The molecule has 0 fully saturated rings. The van der Waals surface area contributed by atoms with Crippen LogP contribution in [-0.4, -0.2) is 25.2 Å². The van der Waals surface area contributed by atoms with E-state index in [1.807, 2.05) is 18.2 Å². The zero-order valence-electron chi connectivity index (χ0n) is 15.3. The molecule has 1 aliphatic rings. The van der Waals surface area contributed by atoms with Gasteiger partial charge in [0.2, 0.25) is 5.90 Å². The molecule has 0 aliphatic carbocycles. The predicted octanol–water partition coefficient (Wildman–Crippen LogP) is 4.88. The van der Waals surface area contributed by atoms with Crippen LogP contribution in [0.4, 0.5) is 8.78 Å². The lowest BCUT2D eigenvalue weighted by molar-refractivity contribution is 0.261. The average Bonchev–Trinajstić information content (AvgIpc) is 3.03. The zero-order valence-corrected chi connectivity index (χ0v) is 15.3. The Hall–Kier alpha value is -2.43. The standard InChI is InChI=1S/C21H23F2NO2/c1-21(2,3)15-7-4-5-10-18(15)25-12-11-14-13-26-20(24-14)19-16(22)8-6-9-17(19)23/h4-10,14H,11-13H2,1-3H3. The van der Waals surface area contributed by atoms with Crippen LogP contribution in [0.15, 0.2) is 47.5 Å². The Morgan fingerprint density at radius 3 is 2.46 bits per heavy atom. The summed E-state index contributed by atoms with van der Waals surface area (Å²) in [6.07, 6.45) is 0.609. The highest BCUT2D eigenvalue weighted by Crippen LogP contribution is 2.31. The van der Waals surface area contributed by atoms with Crippen LogP contribution in [0.25, 0.3) is 0 Å². The number of aliphatic imine (C=N–C) groups is 1. The Bertz CT molecular complexity index is 792. The number of hydrogen-bond donors (Lipinski definition) is 0. The molecular weight excluding hydrogens is 336 g/mol. The topological polar surface area (TPSA) is 30.8 Å². The van der Waals surface area contributed by atoms with Gasteiger partial charge in [-0.1, -0.05) is 45.0 Å². The number of benzene rings is 2. The van der Waals surface area contributed by atoms with Crippen LogP contribution in [0.1, 0.15) is 38.3 Å². The summed E-state index contributed by atoms with van der Waals surface area (Å²) in [5.74, 6) is -0.455. The third-order valence-corrected chi connectivity index (χ3v) is 4.29. The van der Waals surface area contributed by atoms with Crippen molar-refractivity contribution in [3.05, 3.63) is 65.2 Å². The van der Waals surface area contributed by atoms with Gasteiger partial charge >= 0.3 is 0 Å². The fraction of sp³-hybridized carbons (Fsp3) is 0.381. The van der Waals surface area contributed by atoms with Gasteiger partial charge in [-0.3, -0.25) is 0 Å². The minimum absolute atomic E-state index is 0.0131. The molecule has 1 unspecified atom stereocenters. The lowest BCUT2D eigenvalue weighted by Crippen LogP contribution is -2.16. The molecular formula is C21H23F2NO2. The molecule has 0 spiro atoms. The molecule has 0 saturated heterocycles. The fourth-order valence-electron chi connectivity index (χ4n) is 2.92. The van der Waals surface area contributed by atoms with Gasteiger partial charge in [-0.05, 0) is 29.2 Å². The molecule has 1 atom stereocenters. The first kappa shape index (κ1) is 18.4. The zero-order chi connectivity index (χ0) is 18.7. The summed E-state index contributed by atoms with van der Waals surface area (Å²) in [6, 6.07) is 11.5. The summed E-state index contributed by atoms with van der Waals surface area (Å²) in [4.78, 5) is 4.32. The van der Waals surface area contributed by atoms with Crippen LogP contribution in [0.5, 0.6) is 5.75 Å². The van der Waals surface area contributed by atoms with E-state index in [2.05, 4.69) is 31.8 Å². The summed E-state index contributed by atoms with van der Waals surface area (Å²) < 4.78 is 39.0. The minimum atomic E-state index is -0.667. The smallest absolute Gasteiger partial charge is 0.222 e. The summed E-state index contributed by atoms with van der Waals surface area (Å²) in [6.45, 7) is 7.17. The van der Waals surface area contributed by atoms with Gasteiger partial charge < -0.3 is 9.47 Å². The summed E-state index contributed by atoms with van der Waals surface area (Å²) >= 11 is 0. The molecule has 5 heteroatoms. The molecule has 0 aromatic heterocycles. The van der Waals surface area contributed by atoms with Crippen molar-refractivity contribution >= 4 is 5.90 Å². The largest absolute Gasteiger partial charge is 0.493 e. The molecule has 1 heterocycles. The van der Waals surface area contributed by atoms with Gasteiger partial charge in [0.05, 0.1) is 12.6 Å². The predicted molar refractivity (Wildman–Crippen MR) is 97.9 cm³/mol. The van der Waals surface area contributed by atoms with Gasteiger partial charge in [0.15, 0.2) is 0 Å². The molecule has 3 rings (SSSR count). The van der Waals surface area contributed by atoms with Gasteiger partial charge in [-0.15, -0.1) is 0 Å². The highest BCUT2D eigenvalue weighted by molar-refractivity contribution is 5.95. The van der Waals surface area contributed by atoms with Gasteiger partial charge in [0.25, 0.3) is 0 Å². The van der Waals surface area contributed by atoms with Gasteiger partial charge in [0.1, 0.15) is 29.6 Å². The first-order valence-electron chi connectivity index (χ1n) is 8.73. The molecule has 0 bridgehead atoms. The van der Waals surface area contributed by atoms with E-state index in [9.17, 15) is 8.78 Å². The lowest BCUT2D eigenvalue weighted by atomic mass is 9.86. The SMILES string of the molecule is CC(C)(C)c1ccccc1OCCC1COC(c2c(F)cccc2F)=N1. The van der Waals surface area contributed by atoms with Gasteiger partial charge in [-0.2, -0.15) is 0 Å². The first-order chi connectivity index (χ1) is 12.4. The lowest BCUT2D eigenvalue weighted by Gasteiger charge is -2.22. The molecule has 0 radical (unpaired) electrons. The van der Waals surface area contributed by atoms with E-state index in [0.29, 0.717) is 19.6 Å². The van der Waals surface area contributed by atoms with Crippen LogP contribution in [0.2, 0.25) is 0 Å². The maximum absolute atomic E-state index is 13.8. The number of halogens is 2. The minimum Gasteiger partial charge on any atom is -0.493 e.